The van der Waals surface area contributed by atoms with Gasteiger partial charge in [0.25, 0.3) is 11.5 Å². The average Bonchev–Trinajstić information content (AvgIpc) is 3.06. The predicted molar refractivity (Wildman–Crippen MR) is 137 cm³/mol. The Hall–Kier alpha value is -2.72. The van der Waals surface area contributed by atoms with Gasteiger partial charge in [-0.2, -0.15) is 0 Å². The van der Waals surface area contributed by atoms with Crippen molar-refractivity contribution in [1.82, 2.24) is 14.3 Å². The molecule has 0 unspecified atom stereocenters. The zero-order valence-corrected chi connectivity index (χ0v) is 20.4. The number of nitrogens with zero attached hydrogens (tertiary/aromatic N) is 3. The van der Waals surface area contributed by atoms with E-state index < -0.39 is 0 Å². The number of benzene rings is 1. The fraction of sp³-hybridized carbons (Fsp3) is 0.217. The van der Waals surface area contributed by atoms with Gasteiger partial charge in [-0.25, -0.2) is 4.98 Å². The monoisotopic (exact) mass is 500 g/mol. The van der Waals surface area contributed by atoms with Crippen LogP contribution < -0.4 is 10.9 Å². The molecular formula is C23H21ClN4O3S2. The van der Waals surface area contributed by atoms with Gasteiger partial charge in [0, 0.05) is 24.9 Å². The molecule has 1 saturated heterocycles. The van der Waals surface area contributed by atoms with Crippen LogP contribution in [0.5, 0.6) is 0 Å². The Morgan fingerprint density at radius 1 is 1.24 bits per heavy atom. The highest BCUT2D eigenvalue weighted by Crippen LogP contribution is 2.34. The first-order valence-corrected chi connectivity index (χ1v) is 11.7. The number of hydrogen-bond donors (Lipinski definition) is 1. The van der Waals surface area contributed by atoms with Crippen molar-refractivity contribution >= 4 is 63.3 Å². The van der Waals surface area contributed by atoms with Crippen LogP contribution in [0.25, 0.3) is 11.7 Å². The molecule has 4 rings (SSSR count). The third-order valence-corrected chi connectivity index (χ3v) is 6.86. The van der Waals surface area contributed by atoms with Crippen molar-refractivity contribution in [2.75, 3.05) is 25.6 Å². The number of hydrogen-bond acceptors (Lipinski definition) is 7. The van der Waals surface area contributed by atoms with Gasteiger partial charge >= 0.3 is 0 Å². The molecule has 2 aromatic heterocycles. The SMILES string of the molecule is COCCNc1nc2c(C)cccn2c(=O)c1C=C1SC(=S)N(Cc2ccccc2Cl)C1=O. The van der Waals surface area contributed by atoms with Crippen LogP contribution in [0, 0.1) is 6.92 Å². The van der Waals surface area contributed by atoms with Crippen molar-refractivity contribution in [1.29, 1.82) is 0 Å². The minimum Gasteiger partial charge on any atom is -0.383 e. The summed E-state index contributed by atoms with van der Waals surface area (Å²) in [5, 5.41) is 3.72. The number of carbonyl (C=O) groups excluding carboxylic acids is 1. The van der Waals surface area contributed by atoms with Gasteiger partial charge in [-0.05, 0) is 36.3 Å². The molecule has 0 saturated carbocycles. The largest absolute Gasteiger partial charge is 0.383 e. The minimum absolute atomic E-state index is 0.259. The molecule has 33 heavy (non-hydrogen) atoms. The molecule has 1 amide bonds. The molecule has 10 heteroatoms. The predicted octanol–water partition coefficient (Wildman–Crippen LogP) is 4.12. The van der Waals surface area contributed by atoms with Gasteiger partial charge in [-0.1, -0.05) is 59.8 Å². The highest BCUT2D eigenvalue weighted by atomic mass is 35.5. The minimum atomic E-state index is -0.278. The van der Waals surface area contributed by atoms with Crippen LogP contribution >= 0.6 is 35.6 Å². The van der Waals surface area contributed by atoms with Gasteiger partial charge in [0.2, 0.25) is 0 Å². The summed E-state index contributed by atoms with van der Waals surface area (Å²) in [5.41, 5.74) is 2.21. The molecule has 170 valence electrons. The Kier molecular flexibility index (Phi) is 7.14. The van der Waals surface area contributed by atoms with E-state index in [0.29, 0.717) is 38.9 Å². The van der Waals surface area contributed by atoms with Gasteiger partial charge in [0.15, 0.2) is 0 Å². The zero-order valence-electron chi connectivity index (χ0n) is 18.0. The molecule has 1 aliphatic rings. The van der Waals surface area contributed by atoms with E-state index >= 15 is 0 Å². The molecule has 1 fully saturated rings. The van der Waals surface area contributed by atoms with Crippen molar-refractivity contribution in [2.24, 2.45) is 0 Å². The number of ether oxygens (including phenoxy) is 1. The number of methoxy groups -OCH3 is 1. The normalized spacial score (nSPS) is 15.1. The smallest absolute Gasteiger partial charge is 0.267 e. The van der Waals surface area contributed by atoms with Crippen LogP contribution in [0.1, 0.15) is 16.7 Å². The van der Waals surface area contributed by atoms with E-state index in [-0.39, 0.29) is 23.6 Å². The maximum absolute atomic E-state index is 13.4. The molecule has 1 aliphatic heterocycles. The molecular weight excluding hydrogens is 480 g/mol. The molecule has 3 aromatic rings. The number of thiocarbonyl (C=S) groups is 1. The summed E-state index contributed by atoms with van der Waals surface area (Å²) in [6.45, 7) is 3.04. The summed E-state index contributed by atoms with van der Waals surface area (Å²) in [4.78, 5) is 33.0. The number of aryl methyl sites for hydroxylation is 1. The Labute approximate surface area is 205 Å². The summed E-state index contributed by atoms with van der Waals surface area (Å²) in [6, 6.07) is 11.0. The van der Waals surface area contributed by atoms with Crippen LogP contribution in [-0.2, 0) is 16.1 Å². The van der Waals surface area contributed by atoms with Crippen molar-refractivity contribution < 1.29 is 9.53 Å². The maximum atomic E-state index is 13.4. The summed E-state index contributed by atoms with van der Waals surface area (Å²) >= 11 is 12.9. The van der Waals surface area contributed by atoms with E-state index in [0.717, 1.165) is 22.9 Å². The molecule has 0 radical (unpaired) electrons. The molecule has 1 aromatic carbocycles. The molecule has 0 atom stereocenters. The van der Waals surface area contributed by atoms with Crippen LogP contribution in [-0.4, -0.2) is 44.8 Å². The number of thioether (sulfide) groups is 1. The lowest BCUT2D eigenvalue weighted by Gasteiger charge is -2.15. The van der Waals surface area contributed by atoms with Gasteiger partial charge in [0.1, 0.15) is 15.8 Å². The Bertz CT molecular complexity index is 1340. The number of amides is 1. The Morgan fingerprint density at radius 3 is 2.79 bits per heavy atom. The van der Waals surface area contributed by atoms with Crippen LogP contribution in [0.3, 0.4) is 0 Å². The standard InChI is InChI=1S/C23H21ClN4O3S2/c1-14-6-5-10-27-20(14)26-19(25-9-11-31-2)16(21(27)29)12-18-22(30)28(23(32)33-18)13-15-7-3-4-8-17(15)24/h3-8,10,12,25H,9,11,13H2,1-2H3. The molecule has 0 aliphatic carbocycles. The number of anilines is 1. The van der Waals surface area contributed by atoms with Crippen molar-refractivity contribution in [3.63, 3.8) is 0 Å². The highest BCUT2D eigenvalue weighted by molar-refractivity contribution is 8.26. The number of carbonyl (C=O) groups is 1. The summed E-state index contributed by atoms with van der Waals surface area (Å²) in [5.74, 6) is 0.115. The molecule has 7 nitrogen and oxygen atoms in total. The van der Waals surface area contributed by atoms with Gasteiger partial charge in [-0.15, -0.1) is 0 Å². The number of fused-ring (bicyclic) bond motifs is 1. The quantitative estimate of drug-likeness (QED) is 0.297. The number of rotatable bonds is 7. The lowest BCUT2D eigenvalue weighted by Crippen LogP contribution is -2.27. The highest BCUT2D eigenvalue weighted by Gasteiger charge is 2.33. The molecule has 3 heterocycles. The van der Waals surface area contributed by atoms with Gasteiger partial charge in [-0.3, -0.25) is 18.9 Å². The second kappa shape index (κ2) is 10.0. The Balaban J connectivity index is 1.74. The molecule has 1 N–H and O–H groups in total. The van der Waals surface area contributed by atoms with E-state index in [2.05, 4.69) is 10.3 Å². The first kappa shape index (κ1) is 23.4. The summed E-state index contributed by atoms with van der Waals surface area (Å²) in [7, 11) is 1.60. The fourth-order valence-corrected chi connectivity index (χ4v) is 4.84. The maximum Gasteiger partial charge on any atom is 0.267 e. The number of aromatic nitrogens is 2. The van der Waals surface area contributed by atoms with E-state index in [1.165, 1.54) is 9.30 Å². The third-order valence-electron chi connectivity index (χ3n) is 5.12. The van der Waals surface area contributed by atoms with Crippen LogP contribution in [0.4, 0.5) is 5.82 Å². The molecule has 0 spiro atoms. The zero-order chi connectivity index (χ0) is 23.5. The van der Waals surface area contributed by atoms with Crippen LogP contribution in [0.15, 0.2) is 52.3 Å². The topological polar surface area (TPSA) is 75.9 Å². The van der Waals surface area contributed by atoms with Gasteiger partial charge < -0.3 is 10.1 Å². The summed E-state index contributed by atoms with van der Waals surface area (Å²) < 4.78 is 6.99. The van der Waals surface area contributed by atoms with Crippen molar-refractivity contribution in [3.05, 3.63) is 79.6 Å². The second-order valence-corrected chi connectivity index (χ2v) is 9.43. The molecule has 0 bridgehead atoms. The number of halogens is 1. The lowest BCUT2D eigenvalue weighted by atomic mass is 10.2. The van der Waals surface area contributed by atoms with Gasteiger partial charge in [0.05, 0.1) is 23.6 Å². The van der Waals surface area contributed by atoms with E-state index in [1.54, 1.807) is 31.5 Å². The second-order valence-electron chi connectivity index (χ2n) is 7.34. The first-order valence-electron chi connectivity index (χ1n) is 10.1. The first-order chi connectivity index (χ1) is 15.9. The summed E-state index contributed by atoms with van der Waals surface area (Å²) in [6.07, 6.45) is 3.22. The number of nitrogens with one attached hydrogen (secondary N) is 1. The van der Waals surface area contributed by atoms with E-state index in [9.17, 15) is 9.59 Å². The fourth-order valence-electron chi connectivity index (χ4n) is 3.41. The van der Waals surface area contributed by atoms with Crippen molar-refractivity contribution in [3.8, 4) is 0 Å². The number of pyridine rings is 1. The van der Waals surface area contributed by atoms with Crippen molar-refractivity contribution in [2.45, 2.75) is 13.5 Å². The lowest BCUT2D eigenvalue weighted by molar-refractivity contribution is -0.122. The third kappa shape index (κ3) is 4.81. The van der Waals surface area contributed by atoms with Crippen LogP contribution in [0.2, 0.25) is 5.02 Å². The average molecular weight is 501 g/mol. The van der Waals surface area contributed by atoms with E-state index in [1.807, 2.05) is 31.2 Å². The Morgan fingerprint density at radius 2 is 2.03 bits per heavy atom. The van der Waals surface area contributed by atoms with E-state index in [4.69, 9.17) is 28.6 Å².